The molecular formula is C18H11BrFNO3S. The first-order valence-corrected chi connectivity index (χ1v) is 8.81. The molecule has 0 fully saturated rings. The number of hydrogen-bond donors (Lipinski definition) is 2. The maximum Gasteiger partial charge on any atom is 0.339 e. The number of benzene rings is 2. The molecule has 0 aliphatic heterocycles. The van der Waals surface area contributed by atoms with Gasteiger partial charge in [-0.2, -0.15) is 0 Å². The predicted molar refractivity (Wildman–Crippen MR) is 98.8 cm³/mol. The molecule has 0 radical (unpaired) electrons. The van der Waals surface area contributed by atoms with E-state index in [1.165, 1.54) is 29.5 Å². The minimum atomic E-state index is -1.15. The van der Waals surface area contributed by atoms with E-state index in [0.717, 1.165) is 16.1 Å². The molecule has 25 heavy (non-hydrogen) atoms. The summed E-state index contributed by atoms with van der Waals surface area (Å²) in [6.45, 7) is 0. The highest BCUT2D eigenvalue weighted by molar-refractivity contribution is 9.10. The molecule has 0 saturated carbocycles. The van der Waals surface area contributed by atoms with Crippen LogP contribution < -0.4 is 5.32 Å². The maximum absolute atomic E-state index is 13.3. The van der Waals surface area contributed by atoms with E-state index in [4.69, 9.17) is 0 Å². The van der Waals surface area contributed by atoms with E-state index in [1.54, 1.807) is 17.5 Å². The van der Waals surface area contributed by atoms with Crippen LogP contribution in [0.2, 0.25) is 0 Å². The van der Waals surface area contributed by atoms with E-state index in [9.17, 15) is 19.1 Å². The number of anilines is 1. The lowest BCUT2D eigenvalue weighted by Gasteiger charge is -2.07. The zero-order chi connectivity index (χ0) is 18.0. The third kappa shape index (κ3) is 3.62. The van der Waals surface area contributed by atoms with Crippen LogP contribution in [0.25, 0.3) is 10.4 Å². The van der Waals surface area contributed by atoms with Crippen LogP contribution >= 0.6 is 27.3 Å². The van der Waals surface area contributed by atoms with Crippen molar-refractivity contribution in [2.45, 2.75) is 0 Å². The van der Waals surface area contributed by atoms with E-state index in [1.807, 2.05) is 12.1 Å². The largest absolute Gasteiger partial charge is 0.478 e. The summed E-state index contributed by atoms with van der Waals surface area (Å²) >= 11 is 4.62. The van der Waals surface area contributed by atoms with Crippen molar-refractivity contribution in [2.75, 3.05) is 5.32 Å². The molecule has 2 aromatic carbocycles. The van der Waals surface area contributed by atoms with E-state index in [-0.39, 0.29) is 16.8 Å². The van der Waals surface area contributed by atoms with Gasteiger partial charge < -0.3 is 10.4 Å². The van der Waals surface area contributed by atoms with Crippen molar-refractivity contribution in [2.24, 2.45) is 0 Å². The van der Waals surface area contributed by atoms with Gasteiger partial charge in [0.25, 0.3) is 5.91 Å². The Balaban J connectivity index is 1.99. The summed E-state index contributed by atoms with van der Waals surface area (Å²) in [6.07, 6.45) is 0. The van der Waals surface area contributed by atoms with Gasteiger partial charge in [0, 0.05) is 21.0 Å². The summed E-state index contributed by atoms with van der Waals surface area (Å²) < 4.78 is 14.0. The first kappa shape index (κ1) is 17.3. The van der Waals surface area contributed by atoms with Crippen LogP contribution in [-0.2, 0) is 0 Å². The van der Waals surface area contributed by atoms with Crippen LogP contribution in [0.3, 0.4) is 0 Å². The van der Waals surface area contributed by atoms with Crippen LogP contribution in [0.4, 0.5) is 10.1 Å². The van der Waals surface area contributed by atoms with E-state index < -0.39 is 17.7 Å². The first-order chi connectivity index (χ1) is 12.0. The van der Waals surface area contributed by atoms with Crippen molar-refractivity contribution < 1.29 is 19.1 Å². The lowest BCUT2D eigenvalue weighted by atomic mass is 10.1. The third-order valence-electron chi connectivity index (χ3n) is 3.46. The average Bonchev–Trinajstić information content (AvgIpc) is 2.99. The number of halogens is 2. The van der Waals surface area contributed by atoms with Crippen molar-refractivity contribution >= 4 is 44.8 Å². The number of thiophene rings is 1. The Kier molecular flexibility index (Phi) is 4.96. The molecule has 1 amide bonds. The molecule has 1 heterocycles. The lowest BCUT2D eigenvalue weighted by molar-refractivity contribution is 0.0699. The fraction of sp³-hybridized carbons (Fsp3) is 0. The summed E-state index contributed by atoms with van der Waals surface area (Å²) in [5.74, 6) is -2.26. The summed E-state index contributed by atoms with van der Waals surface area (Å²) in [5, 5.41) is 13.7. The Morgan fingerprint density at radius 2 is 1.88 bits per heavy atom. The molecule has 0 aliphatic rings. The molecule has 0 spiro atoms. The van der Waals surface area contributed by atoms with Gasteiger partial charge in [-0.3, -0.25) is 4.79 Å². The molecule has 1 aromatic heterocycles. The molecule has 3 rings (SSSR count). The summed E-state index contributed by atoms with van der Waals surface area (Å²) in [5.41, 5.74) is 1.01. The molecule has 3 aromatic rings. The molecule has 126 valence electrons. The van der Waals surface area contributed by atoms with Crippen molar-refractivity contribution in [1.82, 2.24) is 0 Å². The predicted octanol–water partition coefficient (Wildman–Crippen LogP) is 5.27. The molecule has 7 heteroatoms. The standard InChI is InChI=1S/C18H11BrFNO3S/c19-13-7-2-1-6-12(13)16-15(18(23)24)14(9-25-16)21-17(22)10-4-3-5-11(20)8-10/h1-9H,(H,21,22)(H,23,24). The summed E-state index contributed by atoms with van der Waals surface area (Å²) in [7, 11) is 0. The zero-order valence-corrected chi connectivity index (χ0v) is 15.0. The number of nitrogens with one attached hydrogen (secondary N) is 1. The van der Waals surface area contributed by atoms with Crippen LogP contribution in [0.15, 0.2) is 58.4 Å². The Morgan fingerprint density at radius 1 is 1.12 bits per heavy atom. The second-order valence-corrected chi connectivity index (χ2v) is 6.84. The van der Waals surface area contributed by atoms with Crippen LogP contribution in [0, 0.1) is 5.82 Å². The number of carboxylic acid groups (broad SMARTS) is 1. The fourth-order valence-electron chi connectivity index (χ4n) is 2.33. The van der Waals surface area contributed by atoms with Gasteiger partial charge >= 0.3 is 5.97 Å². The Hall–Kier alpha value is -2.51. The Bertz CT molecular complexity index is 970. The second kappa shape index (κ2) is 7.16. The van der Waals surface area contributed by atoms with Gasteiger partial charge in [-0.15, -0.1) is 11.3 Å². The minimum absolute atomic E-state index is 0.00153. The quantitative estimate of drug-likeness (QED) is 0.605. The lowest BCUT2D eigenvalue weighted by Crippen LogP contribution is -2.14. The number of amides is 1. The molecule has 0 saturated heterocycles. The van der Waals surface area contributed by atoms with Gasteiger partial charge in [-0.05, 0) is 24.3 Å². The van der Waals surface area contributed by atoms with Crippen molar-refractivity contribution in [3.05, 3.63) is 75.3 Å². The van der Waals surface area contributed by atoms with Gasteiger partial charge in [0.1, 0.15) is 11.4 Å². The maximum atomic E-state index is 13.3. The van der Waals surface area contributed by atoms with Crippen LogP contribution in [0.1, 0.15) is 20.7 Å². The van der Waals surface area contributed by atoms with E-state index in [0.29, 0.717) is 4.88 Å². The topological polar surface area (TPSA) is 66.4 Å². The van der Waals surface area contributed by atoms with Gasteiger partial charge in [0.15, 0.2) is 0 Å². The van der Waals surface area contributed by atoms with Crippen LogP contribution in [0.5, 0.6) is 0 Å². The van der Waals surface area contributed by atoms with Crippen molar-refractivity contribution in [3.63, 3.8) is 0 Å². The molecule has 4 nitrogen and oxygen atoms in total. The highest BCUT2D eigenvalue weighted by Gasteiger charge is 2.22. The number of aromatic carboxylic acids is 1. The first-order valence-electron chi connectivity index (χ1n) is 7.14. The molecule has 0 atom stereocenters. The van der Waals surface area contributed by atoms with Crippen LogP contribution in [-0.4, -0.2) is 17.0 Å². The minimum Gasteiger partial charge on any atom is -0.478 e. The number of carboxylic acids is 1. The van der Waals surface area contributed by atoms with Crippen molar-refractivity contribution in [1.29, 1.82) is 0 Å². The monoisotopic (exact) mass is 419 g/mol. The average molecular weight is 420 g/mol. The number of carbonyl (C=O) groups is 2. The van der Waals surface area contributed by atoms with E-state index in [2.05, 4.69) is 21.2 Å². The molecule has 0 unspecified atom stereocenters. The Morgan fingerprint density at radius 3 is 2.56 bits per heavy atom. The number of carbonyl (C=O) groups excluding carboxylic acids is 1. The molecule has 0 aliphatic carbocycles. The van der Waals surface area contributed by atoms with Gasteiger partial charge in [-0.1, -0.05) is 40.2 Å². The third-order valence-corrected chi connectivity index (χ3v) is 5.16. The highest BCUT2D eigenvalue weighted by atomic mass is 79.9. The fourth-order valence-corrected chi connectivity index (χ4v) is 3.98. The van der Waals surface area contributed by atoms with Crippen molar-refractivity contribution in [3.8, 4) is 10.4 Å². The SMILES string of the molecule is O=C(Nc1csc(-c2ccccc2Br)c1C(=O)O)c1cccc(F)c1. The highest BCUT2D eigenvalue weighted by Crippen LogP contribution is 2.39. The molecule has 0 bridgehead atoms. The summed E-state index contributed by atoms with van der Waals surface area (Å²) in [4.78, 5) is 24.5. The van der Waals surface area contributed by atoms with Gasteiger partial charge in [-0.25, -0.2) is 9.18 Å². The normalized spacial score (nSPS) is 10.5. The second-order valence-electron chi connectivity index (χ2n) is 5.10. The summed E-state index contributed by atoms with van der Waals surface area (Å²) in [6, 6.07) is 12.4. The molecule has 2 N–H and O–H groups in total. The number of hydrogen-bond acceptors (Lipinski definition) is 3. The molecular weight excluding hydrogens is 409 g/mol. The Labute approximate surface area is 155 Å². The van der Waals surface area contributed by atoms with E-state index >= 15 is 0 Å². The number of rotatable bonds is 4. The zero-order valence-electron chi connectivity index (χ0n) is 12.6. The van der Waals surface area contributed by atoms with Gasteiger partial charge in [0.2, 0.25) is 0 Å². The smallest absolute Gasteiger partial charge is 0.339 e. The van der Waals surface area contributed by atoms with Gasteiger partial charge in [0.05, 0.1) is 10.6 Å².